The van der Waals surface area contributed by atoms with Crippen molar-refractivity contribution in [1.29, 1.82) is 0 Å². The first kappa shape index (κ1) is 16.1. The summed E-state index contributed by atoms with van der Waals surface area (Å²) >= 11 is 0. The normalized spacial score (nSPS) is 18.1. The van der Waals surface area contributed by atoms with Crippen LogP contribution >= 0.6 is 0 Å². The van der Waals surface area contributed by atoms with Gasteiger partial charge in [0.05, 0.1) is 0 Å². The molecule has 1 aromatic heterocycles. The Morgan fingerprint density at radius 1 is 1.08 bits per heavy atom. The molecule has 0 unspecified atom stereocenters. The summed E-state index contributed by atoms with van der Waals surface area (Å²) in [6.45, 7) is 5.63. The van der Waals surface area contributed by atoms with E-state index in [1.807, 2.05) is 11.0 Å². The van der Waals surface area contributed by atoms with Crippen molar-refractivity contribution in [3.05, 3.63) is 53.3 Å². The number of anilines is 1. The number of carbonyl (C=O) groups excluding carboxylic acids is 1. The third kappa shape index (κ3) is 3.36. The van der Waals surface area contributed by atoms with E-state index in [2.05, 4.69) is 40.0 Å². The van der Waals surface area contributed by atoms with E-state index < -0.39 is 0 Å². The molecule has 2 aromatic rings. The fraction of sp³-hybridized carbons (Fsp3) is 0.450. The quantitative estimate of drug-likeness (QED) is 0.846. The van der Waals surface area contributed by atoms with E-state index in [0.29, 0.717) is 18.2 Å². The fourth-order valence-electron chi connectivity index (χ4n) is 3.66. The van der Waals surface area contributed by atoms with E-state index in [9.17, 15) is 4.79 Å². The molecule has 1 fully saturated rings. The Balaban J connectivity index is 1.50. The second kappa shape index (κ2) is 6.82. The molecule has 25 heavy (non-hydrogen) atoms. The molecule has 1 saturated heterocycles. The topological polar surface area (TPSA) is 49.3 Å². The number of rotatable bonds is 2. The zero-order valence-electron chi connectivity index (χ0n) is 14.7. The van der Waals surface area contributed by atoms with Crippen LogP contribution in [0.1, 0.15) is 41.4 Å². The first-order valence-electron chi connectivity index (χ1n) is 9.15. The molecule has 5 heteroatoms. The van der Waals surface area contributed by atoms with Crippen LogP contribution in [-0.4, -0.2) is 40.4 Å². The molecule has 0 radical (unpaired) electrons. The Morgan fingerprint density at radius 2 is 1.84 bits per heavy atom. The van der Waals surface area contributed by atoms with Gasteiger partial charge < -0.3 is 9.80 Å². The molecule has 0 spiro atoms. The van der Waals surface area contributed by atoms with Gasteiger partial charge in [-0.3, -0.25) is 4.79 Å². The molecule has 0 aliphatic carbocycles. The lowest BCUT2D eigenvalue weighted by molar-refractivity contribution is 0.0728. The van der Waals surface area contributed by atoms with Crippen LogP contribution in [0.15, 0.2) is 36.5 Å². The highest BCUT2D eigenvalue weighted by molar-refractivity contribution is 5.92. The number of amides is 1. The Hall–Kier alpha value is -2.43. The van der Waals surface area contributed by atoms with Gasteiger partial charge in [0.25, 0.3) is 5.91 Å². The lowest BCUT2D eigenvalue weighted by Crippen LogP contribution is -2.37. The van der Waals surface area contributed by atoms with E-state index in [-0.39, 0.29) is 5.91 Å². The zero-order valence-corrected chi connectivity index (χ0v) is 14.7. The number of hydrogen-bond donors (Lipinski definition) is 0. The van der Waals surface area contributed by atoms with Gasteiger partial charge in [-0.2, -0.15) is 0 Å². The van der Waals surface area contributed by atoms with Crippen LogP contribution < -0.4 is 4.90 Å². The summed E-state index contributed by atoms with van der Waals surface area (Å²) in [5.74, 6) is 1.45. The summed E-state index contributed by atoms with van der Waals surface area (Å²) in [6, 6.07) is 10.1. The van der Waals surface area contributed by atoms with Crippen LogP contribution in [0, 0.1) is 5.92 Å². The molecule has 2 aliphatic heterocycles. The number of piperidine rings is 1. The Bertz CT molecular complexity index is 768. The maximum Gasteiger partial charge on any atom is 0.272 e. The molecule has 0 atom stereocenters. The summed E-state index contributed by atoms with van der Waals surface area (Å²) < 4.78 is 0. The number of fused-ring (bicyclic) bond motifs is 1. The van der Waals surface area contributed by atoms with E-state index in [1.54, 1.807) is 12.3 Å². The van der Waals surface area contributed by atoms with Crippen LogP contribution in [0.4, 0.5) is 5.95 Å². The van der Waals surface area contributed by atoms with Gasteiger partial charge in [0.15, 0.2) is 0 Å². The van der Waals surface area contributed by atoms with Gasteiger partial charge in [-0.25, -0.2) is 9.97 Å². The van der Waals surface area contributed by atoms with Crippen LogP contribution in [0.2, 0.25) is 0 Å². The zero-order chi connectivity index (χ0) is 17.2. The lowest BCUT2D eigenvalue weighted by Gasteiger charge is -2.31. The van der Waals surface area contributed by atoms with Crippen molar-refractivity contribution in [3.63, 3.8) is 0 Å². The molecular formula is C20H24N4O. The highest BCUT2D eigenvalue weighted by atomic mass is 16.2. The maximum absolute atomic E-state index is 12.9. The Kier molecular flexibility index (Phi) is 4.38. The summed E-state index contributed by atoms with van der Waals surface area (Å²) in [5.41, 5.74) is 3.08. The van der Waals surface area contributed by atoms with Crippen molar-refractivity contribution in [1.82, 2.24) is 14.9 Å². The molecule has 1 aromatic carbocycles. The largest absolute Gasteiger partial charge is 0.341 e. The lowest BCUT2D eigenvalue weighted by atomic mass is 9.99. The summed E-state index contributed by atoms with van der Waals surface area (Å²) in [5, 5.41) is 0. The van der Waals surface area contributed by atoms with Gasteiger partial charge >= 0.3 is 0 Å². The van der Waals surface area contributed by atoms with Gasteiger partial charge in [-0.15, -0.1) is 0 Å². The summed E-state index contributed by atoms with van der Waals surface area (Å²) in [6.07, 6.45) is 4.93. The Labute approximate surface area is 148 Å². The first-order chi connectivity index (χ1) is 12.2. The molecule has 3 heterocycles. The van der Waals surface area contributed by atoms with Crippen LogP contribution in [-0.2, 0) is 13.0 Å². The molecule has 1 amide bonds. The smallest absolute Gasteiger partial charge is 0.272 e. The molecule has 0 saturated carbocycles. The monoisotopic (exact) mass is 336 g/mol. The van der Waals surface area contributed by atoms with E-state index in [1.165, 1.54) is 11.1 Å². The van der Waals surface area contributed by atoms with Crippen LogP contribution in [0.3, 0.4) is 0 Å². The van der Waals surface area contributed by atoms with Crippen molar-refractivity contribution in [2.45, 2.75) is 32.7 Å². The third-order valence-corrected chi connectivity index (χ3v) is 5.35. The number of hydrogen-bond acceptors (Lipinski definition) is 4. The van der Waals surface area contributed by atoms with Gasteiger partial charge in [-0.1, -0.05) is 31.2 Å². The SMILES string of the molecule is CC1CCN(c2nccc(C(=O)N3CCc4ccccc4C3)n2)CC1. The first-order valence-corrected chi connectivity index (χ1v) is 9.15. The second-order valence-electron chi connectivity index (χ2n) is 7.16. The number of benzene rings is 1. The molecule has 0 N–H and O–H groups in total. The van der Waals surface area contributed by atoms with E-state index >= 15 is 0 Å². The standard InChI is InChI=1S/C20H24N4O/c1-15-7-11-23(12-8-15)20-21-10-6-18(22-20)19(25)24-13-9-16-4-2-3-5-17(16)14-24/h2-6,10,15H,7-9,11-14H2,1H3. The predicted molar refractivity (Wildman–Crippen MR) is 97.5 cm³/mol. The fourth-order valence-corrected chi connectivity index (χ4v) is 3.66. The minimum absolute atomic E-state index is 0.00327. The summed E-state index contributed by atoms with van der Waals surface area (Å²) in [4.78, 5) is 26.0. The average Bonchev–Trinajstić information content (AvgIpc) is 2.68. The van der Waals surface area contributed by atoms with Gasteiger partial charge in [0, 0.05) is 32.4 Å². The number of nitrogens with zero attached hydrogens (tertiary/aromatic N) is 4. The van der Waals surface area contributed by atoms with Crippen LogP contribution in [0.5, 0.6) is 0 Å². The van der Waals surface area contributed by atoms with Crippen molar-refractivity contribution < 1.29 is 4.79 Å². The average molecular weight is 336 g/mol. The van der Waals surface area contributed by atoms with Crippen molar-refractivity contribution in [3.8, 4) is 0 Å². The molecule has 0 bridgehead atoms. The van der Waals surface area contributed by atoms with E-state index in [4.69, 9.17) is 0 Å². The molecular weight excluding hydrogens is 312 g/mol. The summed E-state index contributed by atoms with van der Waals surface area (Å²) in [7, 11) is 0. The number of aromatic nitrogens is 2. The van der Waals surface area contributed by atoms with E-state index in [0.717, 1.165) is 44.8 Å². The van der Waals surface area contributed by atoms with Gasteiger partial charge in [-0.05, 0) is 42.4 Å². The second-order valence-corrected chi connectivity index (χ2v) is 7.16. The molecule has 2 aliphatic rings. The van der Waals surface area contributed by atoms with Crippen molar-refractivity contribution in [2.75, 3.05) is 24.5 Å². The minimum atomic E-state index is 0.00327. The van der Waals surface area contributed by atoms with Gasteiger partial charge in [0.1, 0.15) is 5.69 Å². The predicted octanol–water partition coefficient (Wildman–Crippen LogP) is 2.91. The number of carbonyl (C=O) groups is 1. The van der Waals surface area contributed by atoms with Crippen LogP contribution in [0.25, 0.3) is 0 Å². The molecule has 5 nitrogen and oxygen atoms in total. The molecule has 130 valence electrons. The van der Waals surface area contributed by atoms with Gasteiger partial charge in [0.2, 0.25) is 5.95 Å². The Morgan fingerprint density at radius 3 is 2.64 bits per heavy atom. The van der Waals surface area contributed by atoms with Crippen molar-refractivity contribution >= 4 is 11.9 Å². The highest BCUT2D eigenvalue weighted by Crippen LogP contribution is 2.22. The van der Waals surface area contributed by atoms with Crippen molar-refractivity contribution in [2.24, 2.45) is 5.92 Å². The minimum Gasteiger partial charge on any atom is -0.341 e. The molecule has 4 rings (SSSR count). The maximum atomic E-state index is 12.9. The third-order valence-electron chi connectivity index (χ3n) is 5.35. The highest BCUT2D eigenvalue weighted by Gasteiger charge is 2.24.